The van der Waals surface area contributed by atoms with Gasteiger partial charge in [0.2, 0.25) is 6.54 Å². The van der Waals surface area contributed by atoms with Gasteiger partial charge in [0.05, 0.1) is 22.9 Å². The molecule has 1 atom stereocenters. The van der Waals surface area contributed by atoms with Crippen molar-refractivity contribution in [1.29, 1.82) is 0 Å². The number of benzene rings is 1. The molecule has 0 aliphatic rings. The minimum absolute atomic E-state index is 0.0722. The first kappa shape index (κ1) is 18.0. The predicted octanol–water partition coefficient (Wildman–Crippen LogP) is 4.72. The van der Waals surface area contributed by atoms with Crippen molar-refractivity contribution in [2.45, 2.75) is 37.8 Å². The average Bonchev–Trinajstić information content (AvgIpc) is 2.41. The Morgan fingerprint density at radius 3 is 2.43 bits per heavy atom. The lowest BCUT2D eigenvalue weighted by molar-refractivity contribution is -0.502. The maximum Gasteiger partial charge on any atom is 0.404 e. The van der Waals surface area contributed by atoms with Crippen LogP contribution < -0.4 is 3.53 Å². The van der Waals surface area contributed by atoms with Gasteiger partial charge in [0.25, 0.3) is 0 Å². The highest BCUT2D eigenvalue weighted by Crippen LogP contribution is 2.47. The van der Waals surface area contributed by atoms with Crippen molar-refractivity contribution in [2.75, 3.05) is 10.1 Å². The van der Waals surface area contributed by atoms with Crippen molar-refractivity contribution in [3.63, 3.8) is 0 Å². The zero-order valence-corrected chi connectivity index (χ0v) is 13.6. The molecule has 0 fully saturated rings. The number of alkyl halides is 3. The number of hydrogen-bond acceptors (Lipinski definition) is 3. The Labute approximate surface area is 134 Å². The lowest BCUT2D eigenvalue weighted by Gasteiger charge is -2.34. The highest BCUT2D eigenvalue weighted by atomic mass is 127. The second kappa shape index (κ2) is 7.28. The zero-order chi connectivity index (χ0) is 16.1. The molecule has 21 heavy (non-hydrogen) atoms. The Kier molecular flexibility index (Phi) is 6.24. The Morgan fingerprint density at radius 2 is 1.95 bits per heavy atom. The SMILES string of the molecule is CCCCC(C[N+](=O)[O-])(c1ccccc1NI)C(F)(F)F. The number of halogens is 4. The van der Waals surface area contributed by atoms with Crippen LogP contribution in [0.3, 0.4) is 0 Å². The summed E-state index contributed by atoms with van der Waals surface area (Å²) in [7, 11) is 0. The van der Waals surface area contributed by atoms with Crippen LogP contribution in [0.25, 0.3) is 0 Å². The zero-order valence-electron chi connectivity index (χ0n) is 11.4. The normalized spacial score (nSPS) is 14.5. The molecule has 4 nitrogen and oxygen atoms in total. The van der Waals surface area contributed by atoms with Gasteiger partial charge in [-0.25, -0.2) is 0 Å². The van der Waals surface area contributed by atoms with Crippen molar-refractivity contribution in [3.8, 4) is 0 Å². The molecular weight excluding hydrogens is 400 g/mol. The van der Waals surface area contributed by atoms with Crippen LogP contribution in [0, 0.1) is 10.1 Å². The average molecular weight is 416 g/mol. The lowest BCUT2D eigenvalue weighted by atomic mass is 9.74. The van der Waals surface area contributed by atoms with Gasteiger partial charge in [0.1, 0.15) is 0 Å². The highest BCUT2D eigenvalue weighted by molar-refractivity contribution is 14.1. The summed E-state index contributed by atoms with van der Waals surface area (Å²) in [4.78, 5) is 10.00. The van der Waals surface area contributed by atoms with Gasteiger partial charge in [0.15, 0.2) is 5.41 Å². The molecule has 1 aromatic carbocycles. The van der Waals surface area contributed by atoms with Gasteiger partial charge < -0.3 is 3.53 Å². The summed E-state index contributed by atoms with van der Waals surface area (Å²) in [5.74, 6) is 0. The molecule has 0 aromatic heterocycles. The van der Waals surface area contributed by atoms with Crippen LogP contribution in [0.2, 0.25) is 0 Å². The maximum absolute atomic E-state index is 13.7. The minimum Gasteiger partial charge on any atom is -0.328 e. The van der Waals surface area contributed by atoms with E-state index in [9.17, 15) is 23.3 Å². The van der Waals surface area contributed by atoms with Gasteiger partial charge in [-0.05, 0) is 18.1 Å². The molecule has 0 aliphatic heterocycles. The number of para-hydroxylation sites is 1. The molecule has 0 amide bonds. The van der Waals surface area contributed by atoms with E-state index in [2.05, 4.69) is 3.53 Å². The van der Waals surface area contributed by atoms with Crippen LogP contribution in [0.1, 0.15) is 31.7 Å². The molecule has 118 valence electrons. The van der Waals surface area contributed by atoms with E-state index in [-0.39, 0.29) is 24.1 Å². The summed E-state index contributed by atoms with van der Waals surface area (Å²) in [5, 5.41) is 10.9. The molecule has 0 heterocycles. The fraction of sp³-hybridized carbons (Fsp3) is 0.538. The molecule has 1 unspecified atom stereocenters. The van der Waals surface area contributed by atoms with E-state index >= 15 is 0 Å². The van der Waals surface area contributed by atoms with Crippen LogP contribution in [-0.2, 0) is 5.41 Å². The number of rotatable bonds is 7. The first-order chi connectivity index (χ1) is 9.78. The summed E-state index contributed by atoms with van der Waals surface area (Å²) in [6.07, 6.45) is -4.19. The molecule has 0 radical (unpaired) electrons. The van der Waals surface area contributed by atoms with Gasteiger partial charge in [-0.1, -0.05) is 38.0 Å². The maximum atomic E-state index is 13.7. The van der Waals surface area contributed by atoms with E-state index in [1.54, 1.807) is 35.9 Å². The Balaban J connectivity index is 3.49. The number of hydrogen-bond donors (Lipinski definition) is 1. The third kappa shape index (κ3) is 3.98. The van der Waals surface area contributed by atoms with E-state index in [1.807, 2.05) is 0 Å². The largest absolute Gasteiger partial charge is 0.404 e. The standard InChI is InChI=1S/C13H16F3IN2O2/c1-2-3-8-12(9-19(20)21,13(14,15)16)10-6-4-5-7-11(10)18-17/h4-7,18H,2-3,8-9H2,1H3. The van der Waals surface area contributed by atoms with Crippen molar-refractivity contribution in [2.24, 2.45) is 0 Å². The Morgan fingerprint density at radius 1 is 1.33 bits per heavy atom. The molecule has 0 bridgehead atoms. The first-order valence-corrected chi connectivity index (χ1v) is 7.51. The number of unbranched alkanes of at least 4 members (excludes halogenated alkanes) is 1. The summed E-state index contributed by atoms with van der Waals surface area (Å²) in [6.45, 7) is 0.599. The molecule has 8 heteroatoms. The van der Waals surface area contributed by atoms with Crippen LogP contribution in [0.15, 0.2) is 24.3 Å². The fourth-order valence-corrected chi connectivity index (χ4v) is 2.84. The second-order valence-corrected chi connectivity index (χ2v) is 5.35. The molecule has 1 aromatic rings. The quantitative estimate of drug-likeness (QED) is 0.303. The summed E-state index contributed by atoms with van der Waals surface area (Å²) >= 11 is 1.73. The van der Waals surface area contributed by atoms with E-state index in [4.69, 9.17) is 0 Å². The van der Waals surface area contributed by atoms with Crippen molar-refractivity contribution in [1.82, 2.24) is 0 Å². The predicted molar refractivity (Wildman–Crippen MR) is 83.2 cm³/mol. The summed E-state index contributed by atoms with van der Waals surface area (Å²) in [5.41, 5.74) is -2.29. The van der Waals surface area contributed by atoms with Crippen molar-refractivity contribution >= 4 is 28.6 Å². The molecule has 0 saturated heterocycles. The first-order valence-electron chi connectivity index (χ1n) is 6.43. The smallest absolute Gasteiger partial charge is 0.328 e. The molecule has 1 rings (SSSR count). The fourth-order valence-electron chi connectivity index (χ4n) is 2.36. The summed E-state index contributed by atoms with van der Waals surface area (Å²) < 4.78 is 43.8. The van der Waals surface area contributed by atoms with Crippen LogP contribution in [-0.4, -0.2) is 17.6 Å². The highest BCUT2D eigenvalue weighted by Gasteiger charge is 2.59. The summed E-state index contributed by atoms with van der Waals surface area (Å²) in [6, 6.07) is 5.87. The van der Waals surface area contributed by atoms with Gasteiger partial charge >= 0.3 is 6.18 Å². The van der Waals surface area contributed by atoms with Crippen LogP contribution >= 0.6 is 22.9 Å². The van der Waals surface area contributed by atoms with Gasteiger partial charge in [0, 0.05) is 10.6 Å². The van der Waals surface area contributed by atoms with E-state index in [0.29, 0.717) is 6.42 Å². The monoisotopic (exact) mass is 416 g/mol. The molecular formula is C13H16F3IN2O2. The van der Waals surface area contributed by atoms with Gasteiger partial charge in [-0.3, -0.25) is 10.1 Å². The van der Waals surface area contributed by atoms with Crippen molar-refractivity contribution in [3.05, 3.63) is 39.9 Å². The number of nitro groups is 1. The third-order valence-electron chi connectivity index (χ3n) is 3.44. The van der Waals surface area contributed by atoms with E-state index in [1.165, 1.54) is 18.2 Å². The Bertz CT molecular complexity index is 497. The second-order valence-electron chi connectivity index (χ2n) is 4.81. The van der Waals surface area contributed by atoms with Gasteiger partial charge in [-0.15, -0.1) is 0 Å². The van der Waals surface area contributed by atoms with Crippen molar-refractivity contribution < 1.29 is 18.1 Å². The van der Waals surface area contributed by atoms with E-state index < -0.39 is 23.1 Å². The molecule has 0 saturated carbocycles. The molecule has 1 N–H and O–H groups in total. The number of anilines is 1. The van der Waals surface area contributed by atoms with Gasteiger partial charge in [-0.2, -0.15) is 13.2 Å². The molecule has 0 aliphatic carbocycles. The van der Waals surface area contributed by atoms with Crippen LogP contribution in [0.5, 0.6) is 0 Å². The number of nitrogens with one attached hydrogen (secondary N) is 1. The van der Waals surface area contributed by atoms with E-state index in [0.717, 1.165) is 0 Å². The molecule has 0 spiro atoms. The topological polar surface area (TPSA) is 55.2 Å². The number of nitrogens with zero attached hydrogens (tertiary/aromatic N) is 1. The third-order valence-corrected chi connectivity index (χ3v) is 4.02. The lowest BCUT2D eigenvalue weighted by Crippen LogP contribution is -2.48. The minimum atomic E-state index is -4.70. The Hall–Kier alpha value is -1.06. The van der Waals surface area contributed by atoms with Crippen LogP contribution in [0.4, 0.5) is 18.9 Å².